The Kier molecular flexibility index (Phi) is 11.3. The van der Waals surface area contributed by atoms with E-state index in [1.807, 2.05) is 0 Å². The molecule has 0 heterocycles. The molecular formula is C19H24Cl2Zr. The SMILES string of the molecule is C1=CC2[CH-]CCC2C=C1.CC1[CH-]C2C=CC=CC2C1.[Cl-].[Cl-].[Zr+4]. The van der Waals surface area contributed by atoms with Gasteiger partial charge in [-0.1, -0.05) is 56.2 Å². The molecule has 0 amide bonds. The maximum Gasteiger partial charge on any atom is 4.00 e. The quantitative estimate of drug-likeness (QED) is 0.444. The summed E-state index contributed by atoms with van der Waals surface area (Å²) in [4.78, 5) is 0. The molecule has 4 aliphatic carbocycles. The van der Waals surface area contributed by atoms with Gasteiger partial charge in [0, 0.05) is 0 Å². The van der Waals surface area contributed by atoms with Crippen LogP contribution in [0, 0.1) is 42.4 Å². The zero-order valence-corrected chi connectivity index (χ0v) is 17.0. The number of hydrogen-bond donors (Lipinski definition) is 0. The molecule has 5 atom stereocenters. The zero-order valence-electron chi connectivity index (χ0n) is 13.0. The molecule has 0 saturated heterocycles. The average molecular weight is 415 g/mol. The normalized spacial score (nSPS) is 36.0. The number of rotatable bonds is 0. The van der Waals surface area contributed by atoms with Gasteiger partial charge in [-0.15, -0.1) is 24.0 Å². The summed E-state index contributed by atoms with van der Waals surface area (Å²) in [6, 6.07) is 0. The molecule has 2 fully saturated rings. The Morgan fingerprint density at radius 3 is 2.05 bits per heavy atom. The largest absolute Gasteiger partial charge is 4.00 e. The van der Waals surface area contributed by atoms with Gasteiger partial charge in [-0.05, 0) is 11.8 Å². The molecule has 0 bridgehead atoms. The van der Waals surface area contributed by atoms with E-state index in [9.17, 15) is 0 Å². The van der Waals surface area contributed by atoms with Crippen LogP contribution in [0.25, 0.3) is 0 Å². The zero-order chi connectivity index (χ0) is 13.1. The van der Waals surface area contributed by atoms with Gasteiger partial charge in [0.15, 0.2) is 0 Å². The Bertz CT molecular complexity index is 387. The van der Waals surface area contributed by atoms with Gasteiger partial charge in [-0.3, -0.25) is 0 Å². The minimum absolute atomic E-state index is 0. The fourth-order valence-electron chi connectivity index (χ4n) is 3.69. The predicted octanol–water partition coefficient (Wildman–Crippen LogP) is -1.06. The van der Waals surface area contributed by atoms with Crippen LogP contribution in [0.15, 0.2) is 48.6 Å². The number of halogens is 2. The van der Waals surface area contributed by atoms with Gasteiger partial charge in [-0.25, -0.2) is 0 Å². The van der Waals surface area contributed by atoms with Crippen LogP contribution in [0.3, 0.4) is 0 Å². The van der Waals surface area contributed by atoms with E-state index in [-0.39, 0.29) is 51.0 Å². The van der Waals surface area contributed by atoms with E-state index in [0.717, 1.165) is 29.6 Å². The van der Waals surface area contributed by atoms with Gasteiger partial charge in [0.1, 0.15) is 0 Å². The third kappa shape index (κ3) is 5.81. The Hall–Kier alpha value is 0.423. The molecule has 0 aromatic heterocycles. The second kappa shape index (κ2) is 11.1. The molecule has 0 N–H and O–H groups in total. The van der Waals surface area contributed by atoms with E-state index in [2.05, 4.69) is 68.4 Å². The van der Waals surface area contributed by atoms with Crippen molar-refractivity contribution >= 4 is 0 Å². The van der Waals surface area contributed by atoms with Crippen LogP contribution in [-0.2, 0) is 26.2 Å². The second-order valence-corrected chi connectivity index (χ2v) is 6.24. The van der Waals surface area contributed by atoms with Crippen LogP contribution in [0.2, 0.25) is 0 Å². The topological polar surface area (TPSA) is 0 Å². The monoisotopic (exact) mass is 412 g/mol. The molecule has 0 aromatic rings. The fraction of sp³-hybridized carbons (Fsp3) is 0.474. The van der Waals surface area contributed by atoms with E-state index in [4.69, 9.17) is 0 Å². The maximum atomic E-state index is 2.46. The van der Waals surface area contributed by atoms with Gasteiger partial charge < -0.3 is 37.7 Å². The van der Waals surface area contributed by atoms with Crippen molar-refractivity contribution in [1.29, 1.82) is 0 Å². The Labute approximate surface area is 167 Å². The summed E-state index contributed by atoms with van der Waals surface area (Å²) in [6.45, 7) is 2.31. The van der Waals surface area contributed by atoms with E-state index in [0.29, 0.717) is 0 Å². The van der Waals surface area contributed by atoms with E-state index in [1.165, 1.54) is 19.3 Å². The van der Waals surface area contributed by atoms with Crippen molar-refractivity contribution in [2.24, 2.45) is 29.6 Å². The standard InChI is InChI=1S/C10H13.C9H11.2ClH.Zr/c1-8-6-9-4-2-3-5-10(9)7-8;1-2-5-9-7-3-6-8(9)4-1;;;/h2-6,8-10H,7H2,1H3;1-2,4-6,8-9H,3,7H2;2*1H;/q2*-1;;;+4/p-2. The van der Waals surface area contributed by atoms with Crippen molar-refractivity contribution in [2.75, 3.05) is 0 Å². The first-order valence-electron chi connectivity index (χ1n) is 7.71. The Morgan fingerprint density at radius 1 is 0.818 bits per heavy atom. The summed E-state index contributed by atoms with van der Waals surface area (Å²) in [5, 5.41) is 0. The molecule has 0 aliphatic heterocycles. The Balaban J connectivity index is 0.000000354. The average Bonchev–Trinajstić information content (AvgIpc) is 3.03. The van der Waals surface area contributed by atoms with Gasteiger partial charge >= 0.3 is 26.2 Å². The molecule has 118 valence electrons. The van der Waals surface area contributed by atoms with Crippen molar-refractivity contribution in [3.8, 4) is 0 Å². The molecule has 0 radical (unpaired) electrons. The van der Waals surface area contributed by atoms with E-state index in [1.54, 1.807) is 0 Å². The molecule has 5 unspecified atom stereocenters. The molecule has 3 heteroatoms. The van der Waals surface area contributed by atoms with Gasteiger partial charge in [-0.2, -0.15) is 12.3 Å². The summed E-state index contributed by atoms with van der Waals surface area (Å²) in [5.41, 5.74) is 0. The van der Waals surface area contributed by atoms with Crippen molar-refractivity contribution in [3.63, 3.8) is 0 Å². The van der Waals surface area contributed by atoms with Crippen LogP contribution >= 0.6 is 0 Å². The number of fused-ring (bicyclic) bond motifs is 2. The van der Waals surface area contributed by atoms with Gasteiger partial charge in [0.25, 0.3) is 0 Å². The van der Waals surface area contributed by atoms with Crippen molar-refractivity contribution in [2.45, 2.75) is 26.2 Å². The van der Waals surface area contributed by atoms with Crippen molar-refractivity contribution in [1.82, 2.24) is 0 Å². The summed E-state index contributed by atoms with van der Waals surface area (Å²) >= 11 is 0. The van der Waals surface area contributed by atoms with Gasteiger partial charge in [0.05, 0.1) is 0 Å². The second-order valence-electron chi connectivity index (χ2n) is 6.24. The van der Waals surface area contributed by atoms with Crippen LogP contribution < -0.4 is 24.8 Å². The number of hydrogen-bond acceptors (Lipinski definition) is 0. The van der Waals surface area contributed by atoms with Gasteiger partial charge in [0.2, 0.25) is 0 Å². The predicted molar refractivity (Wildman–Crippen MR) is 82.1 cm³/mol. The first-order valence-corrected chi connectivity index (χ1v) is 7.71. The molecular weight excluding hydrogens is 390 g/mol. The van der Waals surface area contributed by atoms with E-state index >= 15 is 0 Å². The summed E-state index contributed by atoms with van der Waals surface area (Å²) in [6.07, 6.45) is 26.9. The molecule has 0 spiro atoms. The molecule has 2 saturated carbocycles. The smallest absolute Gasteiger partial charge is 1.00 e. The molecule has 0 aromatic carbocycles. The maximum absolute atomic E-state index is 2.46. The summed E-state index contributed by atoms with van der Waals surface area (Å²) in [7, 11) is 0. The van der Waals surface area contributed by atoms with Crippen LogP contribution in [0.1, 0.15) is 26.2 Å². The van der Waals surface area contributed by atoms with Crippen molar-refractivity contribution in [3.05, 3.63) is 61.4 Å². The molecule has 4 rings (SSSR count). The molecule has 0 nitrogen and oxygen atoms in total. The summed E-state index contributed by atoms with van der Waals surface area (Å²) < 4.78 is 0. The number of allylic oxidation sites excluding steroid dienone is 8. The van der Waals surface area contributed by atoms with Crippen molar-refractivity contribution < 1.29 is 51.0 Å². The first-order chi connectivity index (χ1) is 9.33. The molecule has 22 heavy (non-hydrogen) atoms. The first kappa shape index (κ1) is 22.4. The third-order valence-corrected chi connectivity index (χ3v) is 4.73. The Morgan fingerprint density at radius 2 is 1.41 bits per heavy atom. The third-order valence-electron chi connectivity index (χ3n) is 4.73. The minimum Gasteiger partial charge on any atom is -1.00 e. The summed E-state index contributed by atoms with van der Waals surface area (Å²) in [5.74, 6) is 4.01. The van der Waals surface area contributed by atoms with Crippen LogP contribution in [-0.4, -0.2) is 0 Å². The van der Waals surface area contributed by atoms with Crippen LogP contribution in [0.5, 0.6) is 0 Å². The molecule has 4 aliphatic rings. The fourth-order valence-corrected chi connectivity index (χ4v) is 3.69. The van der Waals surface area contributed by atoms with Crippen LogP contribution in [0.4, 0.5) is 0 Å². The minimum atomic E-state index is 0. The van der Waals surface area contributed by atoms with E-state index < -0.39 is 0 Å².